The Hall–Kier alpha value is -6.50. The van der Waals surface area contributed by atoms with Crippen molar-refractivity contribution in [1.29, 1.82) is 0 Å². The number of azo groups is 1. The van der Waals surface area contributed by atoms with E-state index in [0.717, 1.165) is 112 Å². The molecule has 0 aliphatic carbocycles. The molecule has 336 valence electrons. The Morgan fingerprint density at radius 2 is 0.908 bits per heavy atom. The lowest BCUT2D eigenvalue weighted by Crippen LogP contribution is -2.00. The number of ether oxygens (including phenoxy) is 3. The highest BCUT2D eigenvalue weighted by molar-refractivity contribution is 6.08. The molecule has 2 aliphatic heterocycles. The van der Waals surface area contributed by atoms with Crippen LogP contribution in [0.1, 0.15) is 124 Å². The summed E-state index contributed by atoms with van der Waals surface area (Å²) in [5.41, 5.74) is 3.83. The lowest BCUT2D eigenvalue weighted by atomic mass is 9.99. The van der Waals surface area contributed by atoms with Crippen LogP contribution in [-0.2, 0) is 0 Å². The molecule has 0 saturated carbocycles. The zero-order chi connectivity index (χ0) is 44.4. The predicted molar refractivity (Wildman–Crippen MR) is 261 cm³/mol. The Bertz CT molecular complexity index is 2980. The van der Waals surface area contributed by atoms with Crippen LogP contribution in [0.25, 0.3) is 77.7 Å². The van der Waals surface area contributed by atoms with Crippen molar-refractivity contribution in [3.63, 3.8) is 0 Å². The molecule has 0 atom stereocenters. The highest BCUT2D eigenvalue weighted by Crippen LogP contribution is 2.46. The monoisotopic (exact) mass is 872 g/mol. The summed E-state index contributed by atoms with van der Waals surface area (Å²) in [4.78, 5) is 37.2. The summed E-state index contributed by atoms with van der Waals surface area (Å²) in [6.45, 7) is 8.55. The van der Waals surface area contributed by atoms with Gasteiger partial charge in [0.1, 0.15) is 39.8 Å². The Kier molecular flexibility index (Phi) is 14.1. The van der Waals surface area contributed by atoms with Crippen molar-refractivity contribution in [3.05, 3.63) is 66.7 Å². The molecule has 0 spiro atoms. The summed E-state index contributed by atoms with van der Waals surface area (Å²) in [5.74, 6) is 3.57. The van der Waals surface area contributed by atoms with E-state index in [1.165, 1.54) is 51.4 Å². The van der Waals surface area contributed by atoms with Crippen molar-refractivity contribution in [2.24, 2.45) is 10.2 Å². The van der Waals surface area contributed by atoms with E-state index < -0.39 is 0 Å². The maximum absolute atomic E-state index is 6.79. The van der Waals surface area contributed by atoms with Gasteiger partial charge in [-0.1, -0.05) is 129 Å². The van der Waals surface area contributed by atoms with Gasteiger partial charge in [-0.15, -0.1) is 10.2 Å². The van der Waals surface area contributed by atoms with E-state index in [1.807, 2.05) is 48.5 Å². The van der Waals surface area contributed by atoms with E-state index in [9.17, 15) is 0 Å². The minimum atomic E-state index is 0.164. The number of aromatic amines is 2. The van der Waals surface area contributed by atoms with Crippen LogP contribution in [0.5, 0.6) is 17.2 Å². The van der Waals surface area contributed by atoms with Crippen LogP contribution in [0.2, 0.25) is 0 Å². The van der Waals surface area contributed by atoms with Crippen LogP contribution < -0.4 is 14.2 Å². The third kappa shape index (κ3) is 10.1. The molecule has 0 amide bonds. The van der Waals surface area contributed by atoms with Crippen LogP contribution in [0.4, 0.5) is 11.9 Å². The average Bonchev–Trinajstić information content (AvgIpc) is 4.09. The number of nitrogens with zero attached hydrogens (tertiary/aromatic N) is 8. The summed E-state index contributed by atoms with van der Waals surface area (Å²) in [6.07, 6.45) is 18.6. The van der Waals surface area contributed by atoms with E-state index >= 15 is 0 Å². The first kappa shape index (κ1) is 43.7. The third-order valence-electron chi connectivity index (χ3n) is 12.2. The number of aromatic nitrogens is 8. The fraction of sp³-hybridized carbons (Fsp3) is 0.423. The fourth-order valence-electron chi connectivity index (χ4n) is 8.70. The molecule has 8 bridgehead atoms. The maximum atomic E-state index is 6.79. The molecule has 13 nitrogen and oxygen atoms in total. The molecule has 7 aromatic rings. The van der Waals surface area contributed by atoms with Gasteiger partial charge in [0, 0.05) is 32.5 Å². The molecule has 5 heterocycles. The largest absolute Gasteiger partial charge is 0.494 e. The predicted octanol–water partition coefficient (Wildman–Crippen LogP) is 14.5. The highest BCUT2D eigenvalue weighted by Gasteiger charge is 2.27. The molecule has 0 fully saturated rings. The first-order valence-corrected chi connectivity index (χ1v) is 24.1. The second kappa shape index (κ2) is 21.0. The van der Waals surface area contributed by atoms with Crippen molar-refractivity contribution in [1.82, 2.24) is 39.9 Å². The molecule has 3 aromatic heterocycles. The van der Waals surface area contributed by atoms with Gasteiger partial charge in [-0.3, -0.25) is 0 Å². The number of fused-ring (bicyclic) bond motifs is 18. The summed E-state index contributed by atoms with van der Waals surface area (Å²) in [6, 6.07) is 22.5. The Morgan fingerprint density at radius 1 is 0.415 bits per heavy atom. The second-order valence-corrected chi connectivity index (χ2v) is 17.2. The Balaban J connectivity index is 1.21. The number of rotatable bonds is 22. The van der Waals surface area contributed by atoms with Crippen molar-refractivity contribution in [3.8, 4) is 40.0 Å². The summed E-state index contributed by atoms with van der Waals surface area (Å²) >= 11 is 0. The summed E-state index contributed by atoms with van der Waals surface area (Å²) < 4.78 is 19.4. The van der Waals surface area contributed by atoms with Gasteiger partial charge in [-0.25, -0.2) is 15.0 Å². The van der Waals surface area contributed by atoms with E-state index in [1.54, 1.807) is 0 Å². The minimum Gasteiger partial charge on any atom is -0.494 e. The van der Waals surface area contributed by atoms with Gasteiger partial charge in [0.2, 0.25) is 0 Å². The molecule has 0 saturated heterocycles. The number of hydrogen-bond acceptors (Lipinski definition) is 11. The molecule has 2 N–H and O–H groups in total. The van der Waals surface area contributed by atoms with Crippen LogP contribution in [0.15, 0.2) is 77.0 Å². The lowest BCUT2D eigenvalue weighted by Gasteiger charge is -2.14. The van der Waals surface area contributed by atoms with Crippen LogP contribution in [0, 0.1) is 0 Å². The molecule has 9 rings (SSSR count). The van der Waals surface area contributed by atoms with Gasteiger partial charge in [0.15, 0.2) is 11.6 Å². The van der Waals surface area contributed by atoms with Crippen molar-refractivity contribution in [2.75, 3.05) is 19.8 Å². The van der Waals surface area contributed by atoms with Gasteiger partial charge in [0.25, 0.3) is 11.9 Å². The maximum Gasteiger partial charge on any atom is 0.274 e. The third-order valence-corrected chi connectivity index (χ3v) is 12.2. The molecular weight excluding hydrogens is 813 g/mol. The standard InChI is InChI=1S/C52H60N10O3/c1-4-7-10-13-15-20-28-63-35-24-26-38-40(32-35)47-53-45(38)55-49-42-31-34-22-17-18-23-37(34)44(65-30-19-12-9-6-3)43(42)50(57-49)56-46-39-27-25-36(64-29-21-16-14-11-8-5-2)33-41(39)48(54-46)59-52-60-51(58-47)61-62-52/h17-18,22-27,31-33H,4-16,19-21,28-30H2,1-3H3,(H2,53,54,55,56,57,58,59,60,61,62). The molecule has 4 aromatic carbocycles. The molecule has 65 heavy (non-hydrogen) atoms. The quantitative estimate of drug-likeness (QED) is 0.0631. The minimum absolute atomic E-state index is 0.164. The molecular formula is C52H60N10O3. The molecule has 2 aliphatic rings. The first-order valence-electron chi connectivity index (χ1n) is 24.1. The van der Waals surface area contributed by atoms with Gasteiger partial charge >= 0.3 is 0 Å². The van der Waals surface area contributed by atoms with Crippen molar-refractivity contribution >= 4 is 66.8 Å². The smallest absolute Gasteiger partial charge is 0.274 e. The van der Waals surface area contributed by atoms with Crippen LogP contribution in [-0.4, -0.2) is 59.7 Å². The topological polar surface area (TPSA) is 161 Å². The van der Waals surface area contributed by atoms with E-state index in [4.69, 9.17) is 39.1 Å². The number of hydrogen-bond donors (Lipinski definition) is 2. The van der Waals surface area contributed by atoms with E-state index in [2.05, 4.69) is 64.2 Å². The average molecular weight is 873 g/mol. The highest BCUT2D eigenvalue weighted by atomic mass is 16.5. The van der Waals surface area contributed by atoms with Gasteiger partial charge in [-0.05, 0) is 67.1 Å². The number of benzene rings is 4. The van der Waals surface area contributed by atoms with Gasteiger partial charge in [-0.2, -0.15) is 15.0 Å². The van der Waals surface area contributed by atoms with Gasteiger partial charge in [0.05, 0.1) is 25.4 Å². The fourth-order valence-corrected chi connectivity index (χ4v) is 8.70. The molecule has 0 unspecified atom stereocenters. The normalized spacial score (nSPS) is 12.1. The van der Waals surface area contributed by atoms with Crippen LogP contribution in [0.3, 0.4) is 0 Å². The zero-order valence-corrected chi connectivity index (χ0v) is 38.1. The van der Waals surface area contributed by atoms with E-state index in [0.29, 0.717) is 54.1 Å². The molecule has 0 radical (unpaired) electrons. The zero-order valence-electron chi connectivity index (χ0n) is 38.1. The van der Waals surface area contributed by atoms with Gasteiger partial charge < -0.3 is 24.2 Å². The van der Waals surface area contributed by atoms with Crippen molar-refractivity contribution in [2.45, 2.75) is 124 Å². The first-order chi connectivity index (χ1) is 32.1. The molecule has 13 heteroatoms. The SMILES string of the molecule is CCCCCCCCOc1ccc2c3nc4nc(nc5[nH]c(nc6nc(nc([nH]3)c2c1)N=N6)c1cc(OCCCCCCCC)ccc51)-c1c-4cc2ccccc2c1OCCCCCC. The number of nitrogens with one attached hydrogen (secondary N) is 2. The summed E-state index contributed by atoms with van der Waals surface area (Å²) in [7, 11) is 0. The number of H-pyrrole nitrogens is 2. The second-order valence-electron chi connectivity index (χ2n) is 17.2. The van der Waals surface area contributed by atoms with Crippen LogP contribution >= 0.6 is 0 Å². The lowest BCUT2D eigenvalue weighted by molar-refractivity contribution is 0.304. The van der Waals surface area contributed by atoms with E-state index in [-0.39, 0.29) is 11.9 Å². The summed E-state index contributed by atoms with van der Waals surface area (Å²) in [5, 5.41) is 14.0. The Labute approximate surface area is 380 Å². The van der Waals surface area contributed by atoms with Crippen molar-refractivity contribution < 1.29 is 14.2 Å². The Morgan fingerprint density at radius 3 is 1.49 bits per heavy atom. The number of unbranched alkanes of at least 4 members (excludes halogenated alkanes) is 13.